The van der Waals surface area contributed by atoms with E-state index in [0.29, 0.717) is 22.9 Å². The lowest BCUT2D eigenvalue weighted by atomic mass is 10.1. The molecule has 4 nitrogen and oxygen atoms in total. The molecule has 1 atom stereocenters. The Morgan fingerprint density at radius 3 is 2.76 bits per heavy atom. The van der Waals surface area contributed by atoms with Gasteiger partial charge >= 0.3 is 0 Å². The fourth-order valence-corrected chi connectivity index (χ4v) is 2.19. The molecule has 0 aliphatic rings. The lowest BCUT2D eigenvalue weighted by Gasteiger charge is -2.15. The van der Waals surface area contributed by atoms with Gasteiger partial charge in [0.1, 0.15) is 0 Å². The van der Waals surface area contributed by atoms with E-state index in [1.54, 1.807) is 30.7 Å². The molecule has 0 aliphatic heterocycles. The maximum absolute atomic E-state index is 11.9. The van der Waals surface area contributed by atoms with Crippen LogP contribution in [0, 0.1) is 0 Å². The number of aromatic nitrogens is 2. The number of amides is 1. The zero-order valence-electron chi connectivity index (χ0n) is 11.5. The molecule has 0 spiro atoms. The minimum Gasteiger partial charge on any atom is -0.350 e. The third-order valence-electron chi connectivity index (χ3n) is 3.05. The van der Waals surface area contributed by atoms with Crippen molar-refractivity contribution >= 4 is 29.1 Å². The van der Waals surface area contributed by atoms with Gasteiger partial charge in [-0.25, -0.2) is 0 Å². The van der Waals surface area contributed by atoms with Crippen LogP contribution in [0.3, 0.4) is 0 Å². The van der Waals surface area contributed by atoms with Crippen molar-refractivity contribution < 1.29 is 4.79 Å². The molecule has 2 aromatic rings. The highest BCUT2D eigenvalue weighted by Crippen LogP contribution is 2.25. The number of hydrogen-bond acceptors (Lipinski definition) is 3. The first kappa shape index (κ1) is 15.7. The third kappa shape index (κ3) is 4.69. The summed E-state index contributed by atoms with van der Waals surface area (Å²) in [5.74, 6) is -0.0424. The van der Waals surface area contributed by atoms with Crippen molar-refractivity contribution in [1.29, 1.82) is 0 Å². The SMILES string of the molecule is CC(NC(=O)CCc1cnccn1)c1ccc(Cl)c(Cl)c1. The van der Waals surface area contributed by atoms with E-state index in [1.807, 2.05) is 13.0 Å². The van der Waals surface area contributed by atoms with Gasteiger partial charge in [0.2, 0.25) is 5.91 Å². The van der Waals surface area contributed by atoms with E-state index in [9.17, 15) is 4.79 Å². The number of halogens is 2. The summed E-state index contributed by atoms with van der Waals surface area (Å²) in [7, 11) is 0. The Hall–Kier alpha value is -1.65. The van der Waals surface area contributed by atoms with Gasteiger partial charge in [0.25, 0.3) is 0 Å². The number of benzene rings is 1. The first-order chi connectivity index (χ1) is 10.1. The van der Waals surface area contributed by atoms with Gasteiger partial charge in [-0.15, -0.1) is 0 Å². The summed E-state index contributed by atoms with van der Waals surface area (Å²) in [4.78, 5) is 20.0. The Balaban J connectivity index is 1.88. The van der Waals surface area contributed by atoms with Crippen molar-refractivity contribution in [1.82, 2.24) is 15.3 Å². The second-order valence-corrected chi connectivity index (χ2v) is 5.47. The second kappa shape index (κ2) is 7.38. The van der Waals surface area contributed by atoms with Gasteiger partial charge in [0.05, 0.1) is 21.8 Å². The normalized spacial score (nSPS) is 12.0. The molecule has 2 rings (SSSR count). The molecule has 1 aromatic carbocycles. The molecule has 110 valence electrons. The number of carbonyl (C=O) groups is 1. The first-order valence-electron chi connectivity index (χ1n) is 6.55. The predicted octanol–water partition coefficient (Wildman–Crippen LogP) is 3.59. The van der Waals surface area contributed by atoms with Gasteiger partial charge < -0.3 is 5.32 Å². The molecule has 1 amide bonds. The Bertz CT molecular complexity index is 620. The summed E-state index contributed by atoms with van der Waals surface area (Å²) in [6.45, 7) is 1.90. The van der Waals surface area contributed by atoms with Crippen molar-refractivity contribution in [3.63, 3.8) is 0 Å². The maximum Gasteiger partial charge on any atom is 0.220 e. The van der Waals surface area contributed by atoms with E-state index in [4.69, 9.17) is 23.2 Å². The van der Waals surface area contributed by atoms with E-state index in [2.05, 4.69) is 15.3 Å². The summed E-state index contributed by atoms with van der Waals surface area (Å²) < 4.78 is 0. The molecule has 0 saturated carbocycles. The van der Waals surface area contributed by atoms with Gasteiger partial charge in [-0.3, -0.25) is 14.8 Å². The number of aryl methyl sites for hydroxylation is 1. The highest BCUT2D eigenvalue weighted by molar-refractivity contribution is 6.42. The zero-order valence-corrected chi connectivity index (χ0v) is 13.0. The smallest absolute Gasteiger partial charge is 0.220 e. The molecule has 21 heavy (non-hydrogen) atoms. The highest BCUT2D eigenvalue weighted by Gasteiger charge is 2.11. The third-order valence-corrected chi connectivity index (χ3v) is 3.79. The van der Waals surface area contributed by atoms with E-state index >= 15 is 0 Å². The van der Waals surface area contributed by atoms with Gasteiger partial charge in [0.15, 0.2) is 0 Å². The van der Waals surface area contributed by atoms with Crippen LogP contribution < -0.4 is 5.32 Å². The second-order valence-electron chi connectivity index (χ2n) is 4.66. The van der Waals surface area contributed by atoms with Crippen LogP contribution in [-0.4, -0.2) is 15.9 Å². The lowest BCUT2D eigenvalue weighted by molar-refractivity contribution is -0.121. The van der Waals surface area contributed by atoms with Crippen LogP contribution >= 0.6 is 23.2 Å². The zero-order chi connectivity index (χ0) is 15.2. The van der Waals surface area contributed by atoms with Gasteiger partial charge in [-0.1, -0.05) is 29.3 Å². The predicted molar refractivity (Wildman–Crippen MR) is 83.4 cm³/mol. The van der Waals surface area contributed by atoms with Crippen LogP contribution in [0.25, 0.3) is 0 Å². The van der Waals surface area contributed by atoms with E-state index in [-0.39, 0.29) is 11.9 Å². The summed E-state index contributed by atoms with van der Waals surface area (Å²) in [5, 5.41) is 3.91. The van der Waals surface area contributed by atoms with Crippen molar-refractivity contribution in [3.05, 3.63) is 58.1 Å². The molecule has 1 heterocycles. The molecule has 6 heteroatoms. The quantitative estimate of drug-likeness (QED) is 0.914. The maximum atomic E-state index is 11.9. The van der Waals surface area contributed by atoms with Crippen molar-refractivity contribution in [2.75, 3.05) is 0 Å². The molecular weight excluding hydrogens is 309 g/mol. The van der Waals surface area contributed by atoms with Crippen LogP contribution in [0.1, 0.15) is 30.6 Å². The van der Waals surface area contributed by atoms with Crippen LogP contribution in [0.15, 0.2) is 36.8 Å². The molecule has 0 radical (unpaired) electrons. The topological polar surface area (TPSA) is 54.9 Å². The monoisotopic (exact) mass is 323 g/mol. The molecule has 1 aromatic heterocycles. The standard InChI is InChI=1S/C15H15Cl2N3O/c1-10(11-2-4-13(16)14(17)8-11)20-15(21)5-3-12-9-18-6-7-19-12/h2,4,6-10H,3,5H2,1H3,(H,20,21). The summed E-state index contributed by atoms with van der Waals surface area (Å²) in [6, 6.07) is 5.20. The summed E-state index contributed by atoms with van der Waals surface area (Å²) >= 11 is 11.9. The van der Waals surface area contributed by atoms with E-state index < -0.39 is 0 Å². The molecule has 0 fully saturated rings. The molecule has 1 unspecified atom stereocenters. The van der Waals surface area contributed by atoms with E-state index in [0.717, 1.165) is 11.3 Å². The van der Waals surface area contributed by atoms with Crippen molar-refractivity contribution in [2.24, 2.45) is 0 Å². The average Bonchev–Trinajstić information content (AvgIpc) is 2.49. The van der Waals surface area contributed by atoms with Crippen molar-refractivity contribution in [2.45, 2.75) is 25.8 Å². The minimum atomic E-state index is -0.130. The molecule has 0 aliphatic carbocycles. The Labute approximate surface area is 133 Å². The van der Waals surface area contributed by atoms with Crippen molar-refractivity contribution in [3.8, 4) is 0 Å². The van der Waals surface area contributed by atoms with Gasteiger partial charge in [-0.05, 0) is 31.0 Å². The Kier molecular flexibility index (Phi) is 5.53. The number of nitrogens with one attached hydrogen (secondary N) is 1. The minimum absolute atomic E-state index is 0.0424. The number of carbonyl (C=O) groups excluding carboxylic acids is 1. The average molecular weight is 324 g/mol. The fourth-order valence-electron chi connectivity index (χ4n) is 1.88. The highest BCUT2D eigenvalue weighted by atomic mass is 35.5. The fraction of sp³-hybridized carbons (Fsp3) is 0.267. The Morgan fingerprint density at radius 1 is 1.29 bits per heavy atom. The molecular formula is C15H15Cl2N3O. The summed E-state index contributed by atoms with van der Waals surface area (Å²) in [6.07, 6.45) is 5.81. The van der Waals surface area contributed by atoms with Crippen LogP contribution in [-0.2, 0) is 11.2 Å². The Morgan fingerprint density at radius 2 is 2.10 bits per heavy atom. The largest absolute Gasteiger partial charge is 0.350 e. The van der Waals surface area contributed by atoms with Crippen LogP contribution in [0.5, 0.6) is 0 Å². The first-order valence-corrected chi connectivity index (χ1v) is 7.31. The number of rotatable bonds is 5. The molecule has 0 saturated heterocycles. The summed E-state index contributed by atoms with van der Waals surface area (Å²) in [5.41, 5.74) is 1.71. The molecule has 1 N–H and O–H groups in total. The van der Waals surface area contributed by atoms with E-state index in [1.165, 1.54) is 0 Å². The lowest BCUT2D eigenvalue weighted by Crippen LogP contribution is -2.26. The number of nitrogens with zero attached hydrogens (tertiary/aromatic N) is 2. The van der Waals surface area contributed by atoms with Gasteiger partial charge in [-0.2, -0.15) is 0 Å². The molecule has 0 bridgehead atoms. The van der Waals surface area contributed by atoms with Crippen LogP contribution in [0.4, 0.5) is 0 Å². The number of hydrogen-bond donors (Lipinski definition) is 1. The van der Waals surface area contributed by atoms with Gasteiger partial charge in [0, 0.05) is 25.0 Å². The van der Waals surface area contributed by atoms with Crippen LogP contribution in [0.2, 0.25) is 10.0 Å².